The summed E-state index contributed by atoms with van der Waals surface area (Å²) in [6.07, 6.45) is 0. The summed E-state index contributed by atoms with van der Waals surface area (Å²) >= 11 is 0. The smallest absolute Gasteiger partial charge is 0.191 e. The normalized spacial score (nSPS) is 17.0. The Morgan fingerprint density at radius 1 is 1.29 bits per heavy atom. The van der Waals surface area contributed by atoms with E-state index in [1.165, 1.54) is 11.1 Å². The van der Waals surface area contributed by atoms with Crippen LogP contribution in [0.1, 0.15) is 18.1 Å². The SMILES string of the molecule is CN=C(NCc1cccc(C)c1)NCC(C)CN1CCOCC1.I. The molecule has 1 aromatic carbocycles. The van der Waals surface area contributed by atoms with Gasteiger partial charge >= 0.3 is 0 Å². The minimum Gasteiger partial charge on any atom is -0.379 e. The summed E-state index contributed by atoms with van der Waals surface area (Å²) in [6, 6.07) is 8.53. The second-order valence-corrected chi connectivity index (χ2v) is 6.31. The lowest BCUT2D eigenvalue weighted by molar-refractivity contribution is 0.0320. The molecule has 5 nitrogen and oxygen atoms in total. The van der Waals surface area contributed by atoms with E-state index in [2.05, 4.69) is 58.6 Å². The van der Waals surface area contributed by atoms with Crippen LogP contribution in [0.2, 0.25) is 0 Å². The first kappa shape index (κ1) is 21.2. The lowest BCUT2D eigenvalue weighted by atomic mass is 10.1. The first-order chi connectivity index (χ1) is 11.2. The minimum atomic E-state index is 0. The molecule has 2 N–H and O–H groups in total. The van der Waals surface area contributed by atoms with Crippen molar-refractivity contribution in [1.82, 2.24) is 15.5 Å². The van der Waals surface area contributed by atoms with Crippen LogP contribution in [0.25, 0.3) is 0 Å². The van der Waals surface area contributed by atoms with Gasteiger partial charge in [-0.2, -0.15) is 0 Å². The highest BCUT2D eigenvalue weighted by Gasteiger charge is 2.13. The molecule has 0 spiro atoms. The number of hydrogen-bond donors (Lipinski definition) is 2. The summed E-state index contributed by atoms with van der Waals surface area (Å²) < 4.78 is 5.39. The van der Waals surface area contributed by atoms with Gasteiger partial charge in [0.15, 0.2) is 5.96 Å². The van der Waals surface area contributed by atoms with Crippen LogP contribution >= 0.6 is 24.0 Å². The van der Waals surface area contributed by atoms with E-state index < -0.39 is 0 Å². The number of nitrogens with one attached hydrogen (secondary N) is 2. The molecule has 1 aliphatic rings. The molecule has 2 rings (SSSR count). The molecule has 0 radical (unpaired) electrons. The van der Waals surface area contributed by atoms with E-state index in [9.17, 15) is 0 Å². The van der Waals surface area contributed by atoms with Gasteiger partial charge in [0, 0.05) is 39.8 Å². The molecule has 0 amide bonds. The van der Waals surface area contributed by atoms with Crippen LogP contribution in [0.4, 0.5) is 0 Å². The lowest BCUT2D eigenvalue weighted by Gasteiger charge is -2.29. The first-order valence-corrected chi connectivity index (χ1v) is 8.47. The highest BCUT2D eigenvalue weighted by atomic mass is 127. The Labute approximate surface area is 163 Å². The van der Waals surface area contributed by atoms with Crippen LogP contribution < -0.4 is 10.6 Å². The average molecular weight is 446 g/mol. The molecule has 1 fully saturated rings. The molecule has 0 aromatic heterocycles. The van der Waals surface area contributed by atoms with Crippen molar-refractivity contribution in [3.8, 4) is 0 Å². The number of morpholine rings is 1. The number of guanidine groups is 1. The summed E-state index contributed by atoms with van der Waals surface area (Å²) in [5, 5.41) is 6.80. The van der Waals surface area contributed by atoms with Crippen molar-refractivity contribution in [1.29, 1.82) is 0 Å². The molecular formula is C18H31IN4O. The van der Waals surface area contributed by atoms with E-state index in [0.29, 0.717) is 5.92 Å². The Morgan fingerprint density at radius 2 is 2.04 bits per heavy atom. The zero-order chi connectivity index (χ0) is 16.5. The molecule has 0 aliphatic carbocycles. The van der Waals surface area contributed by atoms with Gasteiger partial charge in [0.05, 0.1) is 13.2 Å². The molecule has 1 heterocycles. The highest BCUT2D eigenvalue weighted by molar-refractivity contribution is 14.0. The van der Waals surface area contributed by atoms with Crippen LogP contribution in [-0.2, 0) is 11.3 Å². The lowest BCUT2D eigenvalue weighted by Crippen LogP contribution is -2.43. The predicted molar refractivity (Wildman–Crippen MR) is 111 cm³/mol. The summed E-state index contributed by atoms with van der Waals surface area (Å²) in [6.45, 7) is 11.0. The first-order valence-electron chi connectivity index (χ1n) is 8.47. The van der Waals surface area contributed by atoms with Crippen LogP contribution in [0.15, 0.2) is 29.3 Å². The summed E-state index contributed by atoms with van der Waals surface area (Å²) in [5.41, 5.74) is 2.56. The number of rotatable bonds is 6. The molecule has 136 valence electrons. The maximum absolute atomic E-state index is 5.39. The van der Waals surface area contributed by atoms with Gasteiger partial charge in [-0.3, -0.25) is 9.89 Å². The van der Waals surface area contributed by atoms with Gasteiger partial charge in [-0.15, -0.1) is 24.0 Å². The Bertz CT molecular complexity index is 504. The Morgan fingerprint density at radius 3 is 2.71 bits per heavy atom. The molecule has 24 heavy (non-hydrogen) atoms. The molecule has 1 unspecified atom stereocenters. The Balaban J connectivity index is 0.00000288. The van der Waals surface area contributed by atoms with E-state index in [1.54, 1.807) is 0 Å². The molecule has 1 atom stereocenters. The standard InChI is InChI=1S/C18H30N4O.HI/c1-15-5-4-6-17(11-15)13-21-18(19-3)20-12-16(2)14-22-7-9-23-10-8-22;/h4-6,11,16H,7-10,12-14H2,1-3H3,(H2,19,20,21);1H. The van der Waals surface area contributed by atoms with E-state index in [1.807, 2.05) is 7.05 Å². The summed E-state index contributed by atoms with van der Waals surface area (Å²) in [5.74, 6) is 1.44. The quantitative estimate of drug-likeness (QED) is 0.400. The average Bonchev–Trinajstić information content (AvgIpc) is 2.56. The fourth-order valence-electron chi connectivity index (χ4n) is 2.79. The molecular weight excluding hydrogens is 415 g/mol. The third kappa shape index (κ3) is 7.81. The summed E-state index contributed by atoms with van der Waals surface area (Å²) in [4.78, 5) is 6.78. The molecule has 0 bridgehead atoms. The zero-order valence-electron chi connectivity index (χ0n) is 15.0. The fourth-order valence-corrected chi connectivity index (χ4v) is 2.79. The number of halogens is 1. The van der Waals surface area contributed by atoms with E-state index in [4.69, 9.17) is 4.74 Å². The minimum absolute atomic E-state index is 0. The zero-order valence-corrected chi connectivity index (χ0v) is 17.4. The van der Waals surface area contributed by atoms with Crippen molar-refractivity contribution in [3.63, 3.8) is 0 Å². The number of aliphatic imine (C=N–C) groups is 1. The van der Waals surface area contributed by atoms with Gasteiger partial charge in [-0.05, 0) is 18.4 Å². The number of nitrogens with zero attached hydrogens (tertiary/aromatic N) is 2. The van der Waals surface area contributed by atoms with Crippen LogP contribution in [0.5, 0.6) is 0 Å². The van der Waals surface area contributed by atoms with Gasteiger partial charge < -0.3 is 15.4 Å². The van der Waals surface area contributed by atoms with Crippen LogP contribution in [0, 0.1) is 12.8 Å². The number of aryl methyl sites for hydroxylation is 1. The molecule has 6 heteroatoms. The van der Waals surface area contributed by atoms with Crippen LogP contribution in [-0.4, -0.2) is 57.3 Å². The summed E-state index contributed by atoms with van der Waals surface area (Å²) in [7, 11) is 1.82. The van der Waals surface area contributed by atoms with E-state index in [-0.39, 0.29) is 24.0 Å². The molecule has 1 saturated heterocycles. The van der Waals surface area contributed by atoms with Gasteiger partial charge in [-0.1, -0.05) is 36.8 Å². The van der Waals surface area contributed by atoms with Crippen molar-refractivity contribution < 1.29 is 4.74 Å². The monoisotopic (exact) mass is 446 g/mol. The van der Waals surface area contributed by atoms with Gasteiger partial charge in [0.25, 0.3) is 0 Å². The van der Waals surface area contributed by atoms with E-state index >= 15 is 0 Å². The fraction of sp³-hybridized carbons (Fsp3) is 0.611. The second-order valence-electron chi connectivity index (χ2n) is 6.31. The second kappa shape index (κ2) is 11.7. The Kier molecular flexibility index (Phi) is 10.3. The topological polar surface area (TPSA) is 48.9 Å². The van der Waals surface area contributed by atoms with Crippen molar-refractivity contribution in [2.45, 2.75) is 20.4 Å². The van der Waals surface area contributed by atoms with Crippen molar-refractivity contribution >= 4 is 29.9 Å². The molecule has 1 aromatic rings. The largest absolute Gasteiger partial charge is 0.379 e. The maximum Gasteiger partial charge on any atom is 0.191 e. The van der Waals surface area contributed by atoms with Crippen molar-refractivity contribution in [2.75, 3.05) is 46.4 Å². The number of benzene rings is 1. The van der Waals surface area contributed by atoms with Crippen molar-refractivity contribution in [2.24, 2.45) is 10.9 Å². The Hall–Kier alpha value is -0.860. The van der Waals surface area contributed by atoms with Crippen molar-refractivity contribution in [3.05, 3.63) is 35.4 Å². The van der Waals surface area contributed by atoms with Crippen LogP contribution in [0.3, 0.4) is 0 Å². The van der Waals surface area contributed by atoms with Gasteiger partial charge in [0.2, 0.25) is 0 Å². The third-order valence-electron chi connectivity index (χ3n) is 4.06. The predicted octanol–water partition coefficient (Wildman–Crippen LogP) is 2.25. The highest BCUT2D eigenvalue weighted by Crippen LogP contribution is 2.04. The third-order valence-corrected chi connectivity index (χ3v) is 4.06. The van der Waals surface area contributed by atoms with Gasteiger partial charge in [-0.25, -0.2) is 0 Å². The van der Waals surface area contributed by atoms with E-state index in [0.717, 1.165) is 51.9 Å². The molecule has 0 saturated carbocycles. The number of ether oxygens (including phenoxy) is 1. The van der Waals surface area contributed by atoms with Gasteiger partial charge in [0.1, 0.15) is 0 Å². The maximum atomic E-state index is 5.39. The molecule has 1 aliphatic heterocycles. The number of hydrogen-bond acceptors (Lipinski definition) is 3.